The number of carbonyl (C=O) groups is 1. The van der Waals surface area contributed by atoms with Crippen LogP contribution in [-0.4, -0.2) is 17.3 Å². The number of fused-ring (bicyclic) bond motifs is 1. The Morgan fingerprint density at radius 3 is 2.88 bits per heavy atom. The van der Waals surface area contributed by atoms with E-state index in [1.54, 1.807) is 11.8 Å². The maximum Gasteiger partial charge on any atom is 0.230 e. The van der Waals surface area contributed by atoms with Gasteiger partial charge in [-0.3, -0.25) is 4.79 Å². The Balaban J connectivity index is 1.60. The number of ether oxygens (including phenoxy) is 1. The van der Waals surface area contributed by atoms with Crippen LogP contribution in [0.25, 0.3) is 0 Å². The third kappa shape index (κ3) is 4.95. The molecule has 0 aromatic heterocycles. The Morgan fingerprint density at radius 2 is 2.12 bits per heavy atom. The van der Waals surface area contributed by atoms with E-state index in [-0.39, 0.29) is 17.6 Å². The van der Waals surface area contributed by atoms with Crippen LogP contribution in [0.3, 0.4) is 0 Å². The summed E-state index contributed by atoms with van der Waals surface area (Å²) in [6, 6.07) is 13.9. The van der Waals surface area contributed by atoms with E-state index in [1.807, 2.05) is 37.3 Å². The zero-order chi connectivity index (χ0) is 18.7. The summed E-state index contributed by atoms with van der Waals surface area (Å²) in [5.41, 5.74) is 3.04. The van der Waals surface area contributed by atoms with Crippen molar-refractivity contribution in [1.82, 2.24) is 5.32 Å². The molecule has 138 valence electrons. The van der Waals surface area contributed by atoms with Crippen molar-refractivity contribution in [3.05, 3.63) is 64.2 Å². The predicted molar refractivity (Wildman–Crippen MR) is 109 cm³/mol. The molecular weight excluding hydrogens is 366 g/mol. The fourth-order valence-electron chi connectivity index (χ4n) is 3.21. The van der Waals surface area contributed by atoms with Crippen LogP contribution < -0.4 is 10.1 Å². The summed E-state index contributed by atoms with van der Waals surface area (Å²) in [5, 5.41) is 3.91. The summed E-state index contributed by atoms with van der Waals surface area (Å²) < 4.78 is 6.09. The molecule has 2 aromatic rings. The van der Waals surface area contributed by atoms with Crippen LogP contribution in [-0.2, 0) is 10.5 Å². The topological polar surface area (TPSA) is 38.3 Å². The van der Waals surface area contributed by atoms with Crippen LogP contribution >= 0.6 is 23.4 Å². The van der Waals surface area contributed by atoms with Crippen molar-refractivity contribution in [3.8, 4) is 5.75 Å². The SMILES string of the molecule is Cc1ccc2c(c1)OC(C)(C)C[C@@H]2NC(=O)CSCc1cccc(Cl)c1. The van der Waals surface area contributed by atoms with Crippen molar-refractivity contribution in [3.63, 3.8) is 0 Å². The number of benzene rings is 2. The molecule has 1 N–H and O–H groups in total. The van der Waals surface area contributed by atoms with Gasteiger partial charge in [0.05, 0.1) is 11.8 Å². The van der Waals surface area contributed by atoms with Crippen LogP contribution in [0.4, 0.5) is 0 Å². The number of nitrogens with one attached hydrogen (secondary N) is 1. The van der Waals surface area contributed by atoms with E-state index in [0.717, 1.165) is 39.6 Å². The Hall–Kier alpha value is -1.65. The molecule has 0 unspecified atom stereocenters. The van der Waals surface area contributed by atoms with Gasteiger partial charge in [-0.1, -0.05) is 35.9 Å². The third-order valence-electron chi connectivity index (χ3n) is 4.35. The number of rotatable bonds is 5. The Labute approximate surface area is 164 Å². The molecule has 0 spiro atoms. The van der Waals surface area contributed by atoms with Gasteiger partial charge in [0.2, 0.25) is 5.91 Å². The normalized spacial score (nSPS) is 17.9. The molecule has 5 heteroatoms. The van der Waals surface area contributed by atoms with Crippen molar-refractivity contribution in [2.24, 2.45) is 0 Å². The highest BCUT2D eigenvalue weighted by Crippen LogP contribution is 2.39. The zero-order valence-electron chi connectivity index (χ0n) is 15.3. The molecule has 0 radical (unpaired) electrons. The summed E-state index contributed by atoms with van der Waals surface area (Å²) in [4.78, 5) is 12.5. The average Bonchev–Trinajstić information content (AvgIpc) is 2.53. The van der Waals surface area contributed by atoms with Crippen LogP contribution in [0.5, 0.6) is 5.75 Å². The first-order valence-corrected chi connectivity index (χ1v) is 10.3. The van der Waals surface area contributed by atoms with E-state index < -0.39 is 0 Å². The molecule has 0 aliphatic carbocycles. The monoisotopic (exact) mass is 389 g/mol. The maximum atomic E-state index is 12.5. The molecule has 3 nitrogen and oxygen atoms in total. The number of hydrogen-bond donors (Lipinski definition) is 1. The molecule has 1 aliphatic heterocycles. The van der Waals surface area contributed by atoms with Gasteiger partial charge in [0.15, 0.2) is 0 Å². The first-order valence-electron chi connectivity index (χ1n) is 8.73. The summed E-state index contributed by atoms with van der Waals surface area (Å²) >= 11 is 7.59. The smallest absolute Gasteiger partial charge is 0.230 e. The molecule has 0 saturated carbocycles. The van der Waals surface area contributed by atoms with E-state index in [0.29, 0.717) is 5.75 Å². The molecule has 26 heavy (non-hydrogen) atoms. The number of thioether (sulfide) groups is 1. The average molecular weight is 390 g/mol. The standard InChI is InChI=1S/C21H24ClNO2S/c1-14-7-8-17-18(11-21(2,3)25-19(17)9-14)23-20(24)13-26-12-15-5-4-6-16(22)10-15/h4-10,18H,11-13H2,1-3H3,(H,23,24)/t18-/m0/s1. The van der Waals surface area contributed by atoms with Crippen molar-refractivity contribution in [2.75, 3.05) is 5.75 Å². The first-order chi connectivity index (χ1) is 12.3. The molecule has 3 rings (SSSR count). The molecule has 0 saturated heterocycles. The number of hydrogen-bond acceptors (Lipinski definition) is 3. The summed E-state index contributed by atoms with van der Waals surface area (Å²) in [7, 11) is 0. The maximum absolute atomic E-state index is 12.5. The van der Waals surface area contributed by atoms with Crippen molar-refractivity contribution in [1.29, 1.82) is 0 Å². The molecule has 2 aromatic carbocycles. The highest BCUT2D eigenvalue weighted by molar-refractivity contribution is 7.99. The van der Waals surface area contributed by atoms with Crippen LogP contribution in [0, 0.1) is 6.92 Å². The lowest BCUT2D eigenvalue weighted by Gasteiger charge is -2.38. The van der Waals surface area contributed by atoms with Gasteiger partial charge < -0.3 is 10.1 Å². The number of amides is 1. The molecule has 1 aliphatic rings. The summed E-state index contributed by atoms with van der Waals surface area (Å²) in [5.74, 6) is 2.11. The zero-order valence-corrected chi connectivity index (χ0v) is 16.9. The molecule has 1 heterocycles. The lowest BCUT2D eigenvalue weighted by atomic mass is 9.89. The van der Waals surface area contributed by atoms with Gasteiger partial charge >= 0.3 is 0 Å². The van der Waals surface area contributed by atoms with E-state index in [9.17, 15) is 4.79 Å². The molecule has 1 amide bonds. The number of aryl methyl sites for hydroxylation is 1. The van der Waals surface area contributed by atoms with E-state index in [2.05, 4.69) is 31.3 Å². The predicted octanol–water partition coefficient (Wildman–Crippen LogP) is 5.30. The first kappa shape index (κ1) is 19.1. The van der Waals surface area contributed by atoms with E-state index in [1.165, 1.54) is 0 Å². The summed E-state index contributed by atoms with van der Waals surface area (Å²) in [6.07, 6.45) is 0.758. The highest BCUT2D eigenvalue weighted by Gasteiger charge is 2.34. The quantitative estimate of drug-likeness (QED) is 0.753. The second-order valence-corrected chi connectivity index (χ2v) is 8.77. The fourth-order valence-corrected chi connectivity index (χ4v) is 4.21. The van der Waals surface area contributed by atoms with Gasteiger partial charge in [0, 0.05) is 22.8 Å². The molecule has 0 bridgehead atoms. The van der Waals surface area contributed by atoms with Crippen LogP contribution in [0.2, 0.25) is 5.02 Å². The van der Waals surface area contributed by atoms with Gasteiger partial charge in [-0.25, -0.2) is 0 Å². The largest absolute Gasteiger partial charge is 0.487 e. The van der Waals surface area contributed by atoms with Gasteiger partial charge in [-0.2, -0.15) is 0 Å². The van der Waals surface area contributed by atoms with E-state index in [4.69, 9.17) is 16.3 Å². The second-order valence-electron chi connectivity index (χ2n) is 7.35. The lowest BCUT2D eigenvalue weighted by Crippen LogP contribution is -2.41. The third-order valence-corrected chi connectivity index (χ3v) is 5.59. The van der Waals surface area contributed by atoms with Crippen molar-refractivity contribution < 1.29 is 9.53 Å². The fraction of sp³-hybridized carbons (Fsp3) is 0.381. The van der Waals surface area contributed by atoms with Crippen molar-refractivity contribution >= 4 is 29.3 Å². The second kappa shape index (κ2) is 7.93. The Bertz CT molecular complexity index is 806. The van der Waals surface area contributed by atoms with Crippen molar-refractivity contribution in [2.45, 2.75) is 44.6 Å². The Kier molecular flexibility index (Phi) is 5.83. The minimum atomic E-state index is -0.299. The minimum Gasteiger partial charge on any atom is -0.487 e. The Morgan fingerprint density at radius 1 is 1.31 bits per heavy atom. The van der Waals surface area contributed by atoms with Crippen LogP contribution in [0.15, 0.2) is 42.5 Å². The number of halogens is 1. The van der Waals surface area contributed by atoms with E-state index >= 15 is 0 Å². The van der Waals surface area contributed by atoms with Crippen LogP contribution in [0.1, 0.15) is 43.0 Å². The lowest BCUT2D eigenvalue weighted by molar-refractivity contribution is -0.119. The summed E-state index contributed by atoms with van der Waals surface area (Å²) in [6.45, 7) is 6.17. The van der Waals surface area contributed by atoms with Gasteiger partial charge in [-0.15, -0.1) is 11.8 Å². The van der Waals surface area contributed by atoms with Gasteiger partial charge in [0.1, 0.15) is 11.4 Å². The van der Waals surface area contributed by atoms with Gasteiger partial charge in [-0.05, 0) is 50.1 Å². The van der Waals surface area contributed by atoms with Gasteiger partial charge in [0.25, 0.3) is 0 Å². The highest BCUT2D eigenvalue weighted by atomic mass is 35.5. The molecule has 1 atom stereocenters. The minimum absolute atomic E-state index is 0.0198. The molecule has 0 fully saturated rings. The molecular formula is C21H24ClNO2S. The number of carbonyl (C=O) groups excluding carboxylic acids is 1.